The number of hydrazine groups is 1. The van der Waals surface area contributed by atoms with Crippen LogP contribution in [0.2, 0.25) is 0 Å². The van der Waals surface area contributed by atoms with Gasteiger partial charge in [0.25, 0.3) is 5.91 Å². The maximum Gasteiger partial charge on any atom is 0.407 e. The zero-order valence-electron chi connectivity index (χ0n) is 27.7. The number of carboxylic acid groups (broad SMARTS) is 1. The van der Waals surface area contributed by atoms with E-state index in [4.69, 9.17) is 4.74 Å². The number of nitrogens with one attached hydrogen (secondary N) is 3. The van der Waals surface area contributed by atoms with E-state index in [9.17, 15) is 24.6 Å². The van der Waals surface area contributed by atoms with Gasteiger partial charge in [0, 0.05) is 18.3 Å². The van der Waals surface area contributed by atoms with Crippen LogP contribution >= 0.6 is 0 Å². The Bertz CT molecular complexity index is 1420. The highest BCUT2D eigenvalue weighted by Gasteiger charge is 2.43. The molecule has 11 nitrogen and oxygen atoms in total. The molecule has 3 amide bonds. The number of benzene rings is 2. The van der Waals surface area contributed by atoms with E-state index in [0.29, 0.717) is 0 Å². The summed E-state index contributed by atoms with van der Waals surface area (Å²) in [6.45, 7) is 11.4. The Hall–Kier alpha value is -4.48. The van der Waals surface area contributed by atoms with Crippen LogP contribution in [-0.2, 0) is 22.5 Å². The molecule has 3 rings (SSSR count). The summed E-state index contributed by atoms with van der Waals surface area (Å²) in [6, 6.07) is 20.0. The smallest absolute Gasteiger partial charge is 0.407 e. The van der Waals surface area contributed by atoms with Crippen molar-refractivity contribution in [3.05, 3.63) is 90.1 Å². The molecule has 0 spiro atoms. The van der Waals surface area contributed by atoms with Gasteiger partial charge in [-0.2, -0.15) is 0 Å². The number of carbonyl (C=O) groups is 3. The van der Waals surface area contributed by atoms with Gasteiger partial charge in [-0.05, 0) is 40.5 Å². The lowest BCUT2D eigenvalue weighted by Crippen LogP contribution is -2.65. The fourth-order valence-corrected chi connectivity index (χ4v) is 5.44. The minimum absolute atomic E-state index is 0.160. The first-order valence-corrected chi connectivity index (χ1v) is 15.2. The topological polar surface area (TPSA) is 153 Å². The van der Waals surface area contributed by atoms with Crippen LogP contribution in [0.4, 0.5) is 9.59 Å². The van der Waals surface area contributed by atoms with Gasteiger partial charge in [-0.1, -0.05) is 102 Å². The summed E-state index contributed by atoms with van der Waals surface area (Å²) in [5.41, 5.74) is 4.98. The molecule has 0 radical (unpaired) electrons. The first kappa shape index (κ1) is 36.0. The molecule has 5 N–H and O–H groups in total. The number of ether oxygens (including phenoxy) is 1. The zero-order chi connectivity index (χ0) is 34.1. The van der Waals surface area contributed by atoms with Gasteiger partial charge in [-0.3, -0.25) is 15.2 Å². The number of amides is 3. The standard InChI is InChI=1S/C35H47N5O6/c1-34(2,3)29(38-33(45)46-7)31(42)39-40(22-24-16-18-25(19-17-24)26-15-11-12-20-36-26)30(35(4,5)6)28(41)27(37-32(43)44)21-23-13-9-8-10-14-23/h8-20,27-30,37,41H,21-22H2,1-7H3,(H,38,45)(H,39,42)(H,43,44)/t27-,28-,29+,30?/m0/s1. The Morgan fingerprint density at radius 1 is 0.848 bits per heavy atom. The van der Waals surface area contributed by atoms with E-state index in [1.54, 1.807) is 11.2 Å². The second-order valence-electron chi connectivity index (χ2n) is 13.5. The van der Waals surface area contributed by atoms with Gasteiger partial charge in [0.05, 0.1) is 31.0 Å². The fraction of sp³-hybridized carbons (Fsp3) is 0.429. The van der Waals surface area contributed by atoms with E-state index in [2.05, 4.69) is 21.0 Å². The third kappa shape index (κ3) is 10.3. The molecule has 0 saturated carbocycles. The normalized spacial score (nSPS) is 14.5. The Labute approximate surface area is 271 Å². The van der Waals surface area contributed by atoms with Crippen molar-refractivity contribution in [3.63, 3.8) is 0 Å². The van der Waals surface area contributed by atoms with Crippen LogP contribution in [0, 0.1) is 10.8 Å². The zero-order valence-corrected chi connectivity index (χ0v) is 27.7. The summed E-state index contributed by atoms with van der Waals surface area (Å²) in [5.74, 6) is -0.518. The molecule has 1 aromatic heterocycles. The van der Waals surface area contributed by atoms with E-state index >= 15 is 0 Å². The van der Waals surface area contributed by atoms with Crippen molar-refractivity contribution in [1.82, 2.24) is 26.1 Å². The van der Waals surface area contributed by atoms with Gasteiger partial charge in [-0.25, -0.2) is 14.6 Å². The Morgan fingerprint density at radius 2 is 1.48 bits per heavy atom. The number of hydrogen-bond acceptors (Lipinski definition) is 7. The lowest BCUT2D eigenvalue weighted by atomic mass is 9.79. The first-order chi connectivity index (χ1) is 21.6. The predicted molar refractivity (Wildman–Crippen MR) is 176 cm³/mol. The van der Waals surface area contributed by atoms with Crippen LogP contribution in [-0.4, -0.2) is 69.6 Å². The number of aliphatic hydroxyl groups excluding tert-OH is 1. The highest BCUT2D eigenvalue weighted by Crippen LogP contribution is 2.31. The molecule has 0 aliphatic rings. The second kappa shape index (κ2) is 15.7. The molecule has 0 bridgehead atoms. The number of methoxy groups -OCH3 is 1. The number of carbonyl (C=O) groups excluding carboxylic acids is 2. The number of nitrogens with zero attached hydrogens (tertiary/aromatic N) is 2. The molecule has 3 aromatic rings. The van der Waals surface area contributed by atoms with Gasteiger partial charge in [0.2, 0.25) is 0 Å². The molecule has 248 valence electrons. The molecule has 0 aliphatic heterocycles. The average Bonchev–Trinajstić information content (AvgIpc) is 2.99. The lowest BCUT2D eigenvalue weighted by Gasteiger charge is -2.45. The first-order valence-electron chi connectivity index (χ1n) is 15.2. The molecule has 1 heterocycles. The Balaban J connectivity index is 2.06. The molecular weight excluding hydrogens is 586 g/mol. The van der Waals surface area contributed by atoms with Gasteiger partial charge in [0.15, 0.2) is 0 Å². The van der Waals surface area contributed by atoms with Crippen molar-refractivity contribution >= 4 is 18.1 Å². The minimum Gasteiger partial charge on any atom is -0.465 e. The van der Waals surface area contributed by atoms with Gasteiger partial charge in [-0.15, -0.1) is 0 Å². The van der Waals surface area contributed by atoms with E-state index in [-0.39, 0.29) is 13.0 Å². The van der Waals surface area contributed by atoms with Crippen molar-refractivity contribution in [3.8, 4) is 11.3 Å². The summed E-state index contributed by atoms with van der Waals surface area (Å²) >= 11 is 0. The van der Waals surface area contributed by atoms with E-state index < -0.39 is 53.2 Å². The second-order valence-corrected chi connectivity index (χ2v) is 13.5. The Kier molecular flexibility index (Phi) is 12.3. The van der Waals surface area contributed by atoms with Crippen LogP contribution in [0.25, 0.3) is 11.3 Å². The molecule has 0 saturated heterocycles. The number of aliphatic hydroxyl groups is 1. The number of aromatic nitrogens is 1. The van der Waals surface area contributed by atoms with Crippen molar-refractivity contribution in [2.24, 2.45) is 10.8 Å². The average molecular weight is 634 g/mol. The van der Waals surface area contributed by atoms with Crippen molar-refractivity contribution < 1.29 is 29.3 Å². The van der Waals surface area contributed by atoms with Gasteiger partial charge < -0.3 is 25.6 Å². The lowest BCUT2D eigenvalue weighted by molar-refractivity contribution is -0.137. The van der Waals surface area contributed by atoms with E-state index in [1.165, 1.54) is 7.11 Å². The van der Waals surface area contributed by atoms with Crippen LogP contribution in [0.5, 0.6) is 0 Å². The maximum absolute atomic E-state index is 14.0. The molecular formula is C35H47N5O6. The van der Waals surface area contributed by atoms with E-state index in [1.807, 2.05) is 114 Å². The fourth-order valence-electron chi connectivity index (χ4n) is 5.44. The van der Waals surface area contributed by atoms with Crippen molar-refractivity contribution in [2.75, 3.05) is 7.11 Å². The minimum atomic E-state index is -1.27. The molecule has 0 fully saturated rings. The number of pyridine rings is 1. The summed E-state index contributed by atoms with van der Waals surface area (Å²) in [5, 5.41) is 28.6. The summed E-state index contributed by atoms with van der Waals surface area (Å²) in [6.07, 6.45) is -1.36. The quantitative estimate of drug-likeness (QED) is 0.175. The summed E-state index contributed by atoms with van der Waals surface area (Å²) < 4.78 is 4.79. The number of rotatable bonds is 12. The third-order valence-corrected chi connectivity index (χ3v) is 7.66. The third-order valence-electron chi connectivity index (χ3n) is 7.66. The molecule has 11 heteroatoms. The molecule has 1 unspecified atom stereocenters. The summed E-state index contributed by atoms with van der Waals surface area (Å²) in [4.78, 5) is 42.5. The summed E-state index contributed by atoms with van der Waals surface area (Å²) in [7, 11) is 1.22. The van der Waals surface area contributed by atoms with Crippen molar-refractivity contribution in [2.45, 2.75) is 78.7 Å². The predicted octanol–water partition coefficient (Wildman–Crippen LogP) is 5.01. The van der Waals surface area contributed by atoms with Crippen LogP contribution < -0.4 is 16.1 Å². The van der Waals surface area contributed by atoms with E-state index in [0.717, 1.165) is 22.4 Å². The van der Waals surface area contributed by atoms with Crippen LogP contribution in [0.3, 0.4) is 0 Å². The van der Waals surface area contributed by atoms with Crippen molar-refractivity contribution in [1.29, 1.82) is 0 Å². The highest BCUT2D eigenvalue weighted by atomic mass is 16.5. The number of hydrogen-bond donors (Lipinski definition) is 5. The molecule has 4 atom stereocenters. The molecule has 46 heavy (non-hydrogen) atoms. The largest absolute Gasteiger partial charge is 0.465 e. The van der Waals surface area contributed by atoms with Gasteiger partial charge in [0.1, 0.15) is 6.04 Å². The molecule has 2 aromatic carbocycles. The monoisotopic (exact) mass is 633 g/mol. The van der Waals surface area contributed by atoms with Crippen LogP contribution in [0.1, 0.15) is 52.7 Å². The Morgan fingerprint density at radius 3 is 2.00 bits per heavy atom. The van der Waals surface area contributed by atoms with Crippen LogP contribution in [0.15, 0.2) is 79.0 Å². The maximum atomic E-state index is 14.0. The number of alkyl carbamates (subject to hydrolysis) is 1. The molecule has 0 aliphatic carbocycles. The van der Waals surface area contributed by atoms with Gasteiger partial charge >= 0.3 is 12.2 Å². The SMILES string of the molecule is COC(=O)N[C@H](C(=O)NN(Cc1ccc(-c2ccccn2)cc1)C([C@@H](O)[C@H](Cc1ccccc1)NC(=O)O)C(C)(C)C)C(C)(C)C. The highest BCUT2D eigenvalue weighted by molar-refractivity contribution is 5.86.